The van der Waals surface area contributed by atoms with Gasteiger partial charge >= 0.3 is 6.18 Å². The lowest BCUT2D eigenvalue weighted by atomic mass is 9.74. The Labute approximate surface area is 191 Å². The van der Waals surface area contributed by atoms with Crippen molar-refractivity contribution in [3.05, 3.63) is 69.4 Å². The third-order valence-corrected chi connectivity index (χ3v) is 5.69. The highest BCUT2D eigenvalue weighted by molar-refractivity contribution is 6.30. The Balaban J connectivity index is 2.07. The van der Waals surface area contributed by atoms with Crippen molar-refractivity contribution in [1.82, 2.24) is 4.98 Å². The van der Waals surface area contributed by atoms with Crippen LogP contribution in [-0.2, 0) is 5.41 Å². The Kier molecular flexibility index (Phi) is 6.59. The van der Waals surface area contributed by atoms with Crippen LogP contribution in [0.4, 0.5) is 23.2 Å². The number of aliphatic imine (C=N–C) groups is 1. The maximum absolute atomic E-state index is 14.4. The van der Waals surface area contributed by atoms with Gasteiger partial charge in [-0.05, 0) is 36.1 Å². The summed E-state index contributed by atoms with van der Waals surface area (Å²) in [6.07, 6.45) is -4.24. The van der Waals surface area contributed by atoms with Crippen LogP contribution >= 0.6 is 11.6 Å². The maximum Gasteiger partial charge on any atom is 0.422 e. The summed E-state index contributed by atoms with van der Waals surface area (Å²) in [7, 11) is 1.17. The van der Waals surface area contributed by atoms with Crippen molar-refractivity contribution in [2.45, 2.75) is 37.5 Å². The van der Waals surface area contributed by atoms with Gasteiger partial charge in [-0.2, -0.15) is 13.2 Å². The monoisotopic (exact) mass is 484 g/mol. The topological polar surface area (TPSA) is 74.7 Å². The standard InChI is InChI=1S/C23H21ClF4N2O3/c1-21(2,15-7-8-16(24)18(25)19(15)33-3)11-22(32,23(26,27)28)12-30-17-6-4-5-14-13(17)9-10-29-20(14)31/h4-10,12,32H,11H2,1-3H3,(H,29,31)/b30-12+. The Hall–Kier alpha value is -2.91. The van der Waals surface area contributed by atoms with Crippen molar-refractivity contribution in [3.8, 4) is 5.75 Å². The molecule has 0 saturated heterocycles. The second-order valence-corrected chi connectivity index (χ2v) is 8.64. The number of alkyl halides is 3. The fourth-order valence-corrected chi connectivity index (χ4v) is 3.89. The molecule has 1 aromatic heterocycles. The number of fused-ring (bicyclic) bond motifs is 1. The Bertz CT molecular complexity index is 1270. The zero-order valence-electron chi connectivity index (χ0n) is 17.9. The first-order chi connectivity index (χ1) is 15.3. The molecule has 1 unspecified atom stereocenters. The van der Waals surface area contributed by atoms with Gasteiger partial charge in [-0.1, -0.05) is 37.6 Å². The number of rotatable bonds is 6. The molecule has 3 rings (SSSR count). The van der Waals surface area contributed by atoms with Crippen LogP contribution in [0.1, 0.15) is 25.8 Å². The smallest absolute Gasteiger partial charge is 0.422 e. The van der Waals surface area contributed by atoms with Gasteiger partial charge in [-0.15, -0.1) is 0 Å². The summed E-state index contributed by atoms with van der Waals surface area (Å²) in [4.78, 5) is 18.3. The quantitative estimate of drug-likeness (QED) is 0.348. The molecule has 2 N–H and O–H groups in total. The number of methoxy groups -OCH3 is 1. The number of nitrogens with one attached hydrogen (secondary N) is 1. The summed E-state index contributed by atoms with van der Waals surface area (Å²) in [5, 5.41) is 11.0. The van der Waals surface area contributed by atoms with Crippen LogP contribution in [0.25, 0.3) is 10.8 Å². The third kappa shape index (κ3) is 4.74. The molecule has 0 radical (unpaired) electrons. The fourth-order valence-electron chi connectivity index (χ4n) is 3.75. The average molecular weight is 485 g/mol. The van der Waals surface area contributed by atoms with E-state index in [9.17, 15) is 27.5 Å². The Morgan fingerprint density at radius 3 is 2.48 bits per heavy atom. The number of halogens is 5. The van der Waals surface area contributed by atoms with Crippen LogP contribution in [-0.4, -0.2) is 35.2 Å². The number of aliphatic hydroxyl groups is 1. The molecule has 0 aliphatic heterocycles. The summed E-state index contributed by atoms with van der Waals surface area (Å²) in [6.45, 7) is 2.83. The van der Waals surface area contributed by atoms with E-state index in [1.165, 1.54) is 63.6 Å². The molecule has 2 aromatic carbocycles. The molecule has 10 heteroatoms. The number of hydrogen-bond acceptors (Lipinski definition) is 4. The lowest BCUT2D eigenvalue weighted by Crippen LogP contribution is -2.50. The molecule has 0 aliphatic rings. The van der Waals surface area contributed by atoms with E-state index in [0.717, 1.165) is 0 Å². The number of nitrogens with zero attached hydrogens (tertiary/aromatic N) is 1. The first-order valence-corrected chi connectivity index (χ1v) is 10.2. The average Bonchev–Trinajstić information content (AvgIpc) is 2.73. The summed E-state index contributed by atoms with van der Waals surface area (Å²) in [5.41, 5.74) is -5.04. The highest BCUT2D eigenvalue weighted by Gasteiger charge is 2.55. The molecule has 0 fully saturated rings. The van der Waals surface area contributed by atoms with Gasteiger partial charge in [0.25, 0.3) is 5.56 Å². The van der Waals surface area contributed by atoms with Crippen molar-refractivity contribution in [3.63, 3.8) is 0 Å². The third-order valence-electron chi connectivity index (χ3n) is 5.39. The Morgan fingerprint density at radius 1 is 1.15 bits per heavy atom. The zero-order valence-corrected chi connectivity index (χ0v) is 18.7. The first-order valence-electron chi connectivity index (χ1n) is 9.78. The van der Waals surface area contributed by atoms with Gasteiger partial charge in [0.15, 0.2) is 17.2 Å². The SMILES string of the molecule is COc1c(C(C)(C)CC(O)(/C=N/c2cccc3c(=O)[nH]ccc23)C(F)(F)F)ccc(Cl)c1F. The lowest BCUT2D eigenvalue weighted by Gasteiger charge is -2.36. The minimum Gasteiger partial charge on any atom is -0.493 e. The molecular weight excluding hydrogens is 464 g/mol. The van der Waals surface area contributed by atoms with Gasteiger partial charge in [0.2, 0.25) is 0 Å². The predicted molar refractivity (Wildman–Crippen MR) is 119 cm³/mol. The minimum atomic E-state index is -5.10. The summed E-state index contributed by atoms with van der Waals surface area (Å²) < 4.78 is 61.6. The number of benzene rings is 2. The van der Waals surface area contributed by atoms with E-state index in [1.54, 1.807) is 0 Å². The molecule has 5 nitrogen and oxygen atoms in total. The van der Waals surface area contributed by atoms with Crippen LogP contribution in [0.3, 0.4) is 0 Å². The van der Waals surface area contributed by atoms with Crippen LogP contribution in [0.5, 0.6) is 5.75 Å². The van der Waals surface area contributed by atoms with Crippen molar-refractivity contribution >= 4 is 34.3 Å². The van der Waals surface area contributed by atoms with Gasteiger partial charge in [0, 0.05) is 28.7 Å². The van der Waals surface area contributed by atoms with Crippen LogP contribution in [0.2, 0.25) is 5.02 Å². The molecule has 0 amide bonds. The van der Waals surface area contributed by atoms with Gasteiger partial charge in [-0.3, -0.25) is 9.79 Å². The normalized spacial score (nSPS) is 14.6. The van der Waals surface area contributed by atoms with Crippen molar-refractivity contribution in [2.24, 2.45) is 4.99 Å². The van der Waals surface area contributed by atoms with Gasteiger partial charge < -0.3 is 14.8 Å². The minimum absolute atomic E-state index is 0.0780. The molecule has 3 aromatic rings. The van der Waals surface area contributed by atoms with Gasteiger partial charge in [0.1, 0.15) is 0 Å². The number of aromatic nitrogens is 1. The Morgan fingerprint density at radius 2 is 1.85 bits per heavy atom. The molecule has 1 atom stereocenters. The van der Waals surface area contributed by atoms with Crippen molar-refractivity contribution < 1.29 is 27.4 Å². The summed E-state index contributed by atoms with van der Waals surface area (Å²) in [6, 6.07) is 8.48. The van der Waals surface area contributed by atoms with Gasteiger partial charge in [-0.25, -0.2) is 4.39 Å². The second kappa shape index (κ2) is 8.79. The van der Waals surface area contributed by atoms with Crippen LogP contribution in [0.15, 0.2) is 52.4 Å². The summed E-state index contributed by atoms with van der Waals surface area (Å²) in [5.74, 6) is -1.21. The van der Waals surface area contributed by atoms with E-state index in [1.807, 2.05) is 0 Å². The van der Waals surface area contributed by atoms with Crippen LogP contribution < -0.4 is 10.3 Å². The molecular formula is C23H21ClF4N2O3. The number of pyridine rings is 1. The van der Waals surface area contributed by atoms with E-state index in [-0.39, 0.29) is 27.4 Å². The zero-order chi connectivity index (χ0) is 24.6. The second-order valence-electron chi connectivity index (χ2n) is 8.23. The molecule has 0 spiro atoms. The van der Waals surface area contributed by atoms with Crippen molar-refractivity contribution in [2.75, 3.05) is 7.11 Å². The maximum atomic E-state index is 14.4. The highest BCUT2D eigenvalue weighted by Crippen LogP contribution is 2.44. The molecule has 0 aliphatic carbocycles. The van der Waals surface area contributed by atoms with E-state index >= 15 is 0 Å². The van der Waals surface area contributed by atoms with Crippen molar-refractivity contribution in [1.29, 1.82) is 0 Å². The fraction of sp³-hybridized carbons (Fsp3) is 0.304. The number of H-pyrrole nitrogens is 1. The van der Waals surface area contributed by atoms with Crippen LogP contribution in [0, 0.1) is 5.82 Å². The largest absolute Gasteiger partial charge is 0.493 e. The summed E-state index contributed by atoms with van der Waals surface area (Å²) >= 11 is 5.77. The lowest BCUT2D eigenvalue weighted by molar-refractivity contribution is -0.234. The van der Waals surface area contributed by atoms with E-state index in [0.29, 0.717) is 11.6 Å². The molecule has 0 bridgehead atoms. The molecule has 176 valence electrons. The number of hydrogen-bond donors (Lipinski definition) is 2. The highest BCUT2D eigenvalue weighted by atomic mass is 35.5. The number of ether oxygens (including phenoxy) is 1. The first kappa shape index (κ1) is 24.7. The molecule has 33 heavy (non-hydrogen) atoms. The van der Waals surface area contributed by atoms with E-state index in [4.69, 9.17) is 16.3 Å². The number of aromatic amines is 1. The van der Waals surface area contributed by atoms with E-state index in [2.05, 4.69) is 9.98 Å². The van der Waals surface area contributed by atoms with Gasteiger partial charge in [0.05, 0.1) is 17.8 Å². The van der Waals surface area contributed by atoms with E-state index < -0.39 is 35.0 Å². The molecule has 1 heterocycles. The predicted octanol–water partition coefficient (Wildman–Crippen LogP) is 5.69. The molecule has 0 saturated carbocycles.